The molecule has 1 heterocycles. The number of carbonyl (C=O) groups is 1. The fraction of sp³-hybridized carbons (Fsp3) is 0.429. The molecule has 1 aromatic heterocycles. The van der Waals surface area contributed by atoms with E-state index in [2.05, 4.69) is 22.1 Å². The minimum absolute atomic E-state index is 0.0107. The second kappa shape index (κ2) is 6.18. The van der Waals surface area contributed by atoms with E-state index < -0.39 is 0 Å². The monoisotopic (exact) mass is 246 g/mol. The SMILES string of the molecule is CC(C)(C)NC(=O)c1ncccc1C#CCCO. The van der Waals surface area contributed by atoms with Gasteiger partial charge >= 0.3 is 0 Å². The van der Waals surface area contributed by atoms with Crippen LogP contribution in [0.3, 0.4) is 0 Å². The van der Waals surface area contributed by atoms with Crippen LogP contribution >= 0.6 is 0 Å². The molecule has 1 rings (SSSR count). The lowest BCUT2D eigenvalue weighted by Crippen LogP contribution is -2.41. The summed E-state index contributed by atoms with van der Waals surface area (Å²) < 4.78 is 0. The van der Waals surface area contributed by atoms with Crippen LogP contribution < -0.4 is 5.32 Å². The summed E-state index contributed by atoms with van der Waals surface area (Å²) >= 11 is 0. The molecule has 2 N–H and O–H groups in total. The van der Waals surface area contributed by atoms with Crippen LogP contribution in [0.1, 0.15) is 43.2 Å². The molecule has 4 nitrogen and oxygen atoms in total. The fourth-order valence-corrected chi connectivity index (χ4v) is 1.30. The summed E-state index contributed by atoms with van der Waals surface area (Å²) in [6.45, 7) is 5.73. The number of nitrogens with one attached hydrogen (secondary N) is 1. The van der Waals surface area contributed by atoms with Gasteiger partial charge in [-0.15, -0.1) is 0 Å². The Morgan fingerprint density at radius 1 is 1.50 bits per heavy atom. The van der Waals surface area contributed by atoms with Crippen LogP contribution in [0, 0.1) is 11.8 Å². The quantitative estimate of drug-likeness (QED) is 0.774. The highest BCUT2D eigenvalue weighted by Gasteiger charge is 2.18. The highest BCUT2D eigenvalue weighted by molar-refractivity contribution is 5.95. The van der Waals surface area contributed by atoms with Crippen LogP contribution in [0.2, 0.25) is 0 Å². The highest BCUT2D eigenvalue weighted by Crippen LogP contribution is 2.07. The van der Waals surface area contributed by atoms with Gasteiger partial charge in [-0.2, -0.15) is 0 Å². The Hall–Kier alpha value is -1.86. The minimum Gasteiger partial charge on any atom is -0.395 e. The number of carbonyl (C=O) groups excluding carboxylic acids is 1. The Labute approximate surface area is 107 Å². The lowest BCUT2D eigenvalue weighted by atomic mass is 10.1. The molecule has 0 aliphatic rings. The van der Waals surface area contributed by atoms with Crippen molar-refractivity contribution in [3.8, 4) is 11.8 Å². The second-order valence-corrected chi connectivity index (χ2v) is 4.88. The number of hydrogen-bond donors (Lipinski definition) is 2. The molecule has 0 bridgehead atoms. The second-order valence-electron chi connectivity index (χ2n) is 4.88. The van der Waals surface area contributed by atoms with Crippen molar-refractivity contribution in [3.63, 3.8) is 0 Å². The molecule has 1 aromatic rings. The van der Waals surface area contributed by atoms with E-state index in [0.717, 1.165) is 0 Å². The summed E-state index contributed by atoms with van der Waals surface area (Å²) in [7, 11) is 0. The number of hydrogen-bond acceptors (Lipinski definition) is 3. The average molecular weight is 246 g/mol. The molecule has 0 aliphatic carbocycles. The van der Waals surface area contributed by atoms with E-state index in [9.17, 15) is 4.79 Å². The van der Waals surface area contributed by atoms with Crippen LogP contribution in [0.4, 0.5) is 0 Å². The fourth-order valence-electron chi connectivity index (χ4n) is 1.30. The number of amides is 1. The third-order valence-electron chi connectivity index (χ3n) is 1.97. The van der Waals surface area contributed by atoms with Gasteiger partial charge in [-0.25, -0.2) is 4.98 Å². The van der Waals surface area contributed by atoms with Gasteiger partial charge in [0.15, 0.2) is 0 Å². The first-order valence-electron chi connectivity index (χ1n) is 5.81. The number of aliphatic hydroxyl groups excluding tert-OH is 1. The van der Waals surface area contributed by atoms with Gasteiger partial charge in [0.05, 0.1) is 12.2 Å². The lowest BCUT2D eigenvalue weighted by Gasteiger charge is -2.20. The molecule has 0 aliphatic heterocycles. The van der Waals surface area contributed by atoms with E-state index in [1.54, 1.807) is 18.3 Å². The summed E-state index contributed by atoms with van der Waals surface area (Å²) in [4.78, 5) is 16.1. The van der Waals surface area contributed by atoms with Gasteiger partial charge in [0.25, 0.3) is 5.91 Å². The van der Waals surface area contributed by atoms with E-state index in [1.165, 1.54) is 0 Å². The Balaban J connectivity index is 2.96. The van der Waals surface area contributed by atoms with Gasteiger partial charge in [0, 0.05) is 18.2 Å². The highest BCUT2D eigenvalue weighted by atomic mass is 16.2. The van der Waals surface area contributed by atoms with E-state index in [1.807, 2.05) is 20.8 Å². The number of nitrogens with zero attached hydrogens (tertiary/aromatic N) is 1. The van der Waals surface area contributed by atoms with Crippen LogP contribution in [-0.2, 0) is 0 Å². The maximum atomic E-state index is 12.0. The molecule has 1 amide bonds. The van der Waals surface area contributed by atoms with Gasteiger partial charge in [-0.05, 0) is 32.9 Å². The molecular weight excluding hydrogens is 228 g/mol. The molecule has 0 aromatic carbocycles. The van der Waals surface area contributed by atoms with Crippen LogP contribution in [0.25, 0.3) is 0 Å². The molecule has 0 fully saturated rings. The van der Waals surface area contributed by atoms with Gasteiger partial charge in [0.1, 0.15) is 5.69 Å². The van der Waals surface area contributed by atoms with Crippen molar-refractivity contribution in [2.24, 2.45) is 0 Å². The topological polar surface area (TPSA) is 62.2 Å². The Bertz CT molecular complexity index is 479. The van der Waals surface area contributed by atoms with Crippen molar-refractivity contribution < 1.29 is 9.90 Å². The molecule has 4 heteroatoms. The van der Waals surface area contributed by atoms with Gasteiger partial charge in [0.2, 0.25) is 0 Å². The van der Waals surface area contributed by atoms with E-state index in [-0.39, 0.29) is 18.1 Å². The number of aliphatic hydroxyl groups is 1. The smallest absolute Gasteiger partial charge is 0.271 e. The van der Waals surface area contributed by atoms with E-state index in [4.69, 9.17) is 5.11 Å². The standard InChI is InChI=1S/C14H18N2O2/c1-14(2,3)16-13(18)12-11(7-4-5-10-17)8-6-9-15-12/h6,8-9,17H,5,10H2,1-3H3,(H,16,18). The first-order chi connectivity index (χ1) is 8.44. The zero-order chi connectivity index (χ0) is 13.6. The van der Waals surface area contributed by atoms with Gasteiger partial charge in [-0.3, -0.25) is 4.79 Å². The summed E-state index contributed by atoms with van der Waals surface area (Å²) in [5.74, 6) is 5.40. The van der Waals surface area contributed by atoms with E-state index in [0.29, 0.717) is 17.7 Å². The summed E-state index contributed by atoms with van der Waals surface area (Å²) in [6, 6.07) is 3.48. The molecule has 18 heavy (non-hydrogen) atoms. The van der Waals surface area contributed by atoms with Crippen LogP contribution in [0.5, 0.6) is 0 Å². The van der Waals surface area contributed by atoms with Gasteiger partial charge in [-0.1, -0.05) is 11.8 Å². The lowest BCUT2D eigenvalue weighted by molar-refractivity contribution is 0.0914. The molecule has 0 spiro atoms. The largest absolute Gasteiger partial charge is 0.395 e. The molecule has 0 radical (unpaired) electrons. The van der Waals surface area contributed by atoms with Crippen LogP contribution in [-0.4, -0.2) is 28.1 Å². The average Bonchev–Trinajstić information content (AvgIpc) is 2.27. The van der Waals surface area contributed by atoms with E-state index >= 15 is 0 Å². The van der Waals surface area contributed by atoms with Crippen molar-refractivity contribution in [1.82, 2.24) is 10.3 Å². The van der Waals surface area contributed by atoms with Crippen LogP contribution in [0.15, 0.2) is 18.3 Å². The third-order valence-corrected chi connectivity index (χ3v) is 1.97. The Morgan fingerprint density at radius 3 is 2.83 bits per heavy atom. The zero-order valence-corrected chi connectivity index (χ0v) is 10.9. The summed E-state index contributed by atoms with van der Waals surface area (Å²) in [5.41, 5.74) is 0.579. The number of rotatable bonds is 2. The van der Waals surface area contributed by atoms with Crippen molar-refractivity contribution in [2.75, 3.05) is 6.61 Å². The van der Waals surface area contributed by atoms with Crippen molar-refractivity contribution in [2.45, 2.75) is 32.7 Å². The minimum atomic E-state index is -0.315. The molecule has 0 saturated heterocycles. The Morgan fingerprint density at radius 2 is 2.22 bits per heavy atom. The number of pyridine rings is 1. The predicted octanol–water partition coefficient (Wildman–Crippen LogP) is 1.34. The molecule has 0 atom stereocenters. The van der Waals surface area contributed by atoms with Crippen molar-refractivity contribution in [3.05, 3.63) is 29.6 Å². The molecule has 96 valence electrons. The molecule has 0 saturated carbocycles. The third kappa shape index (κ3) is 4.56. The first kappa shape index (κ1) is 14.2. The summed E-state index contributed by atoms with van der Waals surface area (Å²) in [5, 5.41) is 11.5. The predicted molar refractivity (Wildman–Crippen MR) is 70.0 cm³/mol. The first-order valence-corrected chi connectivity index (χ1v) is 5.81. The molecule has 0 unspecified atom stereocenters. The number of aromatic nitrogens is 1. The zero-order valence-electron chi connectivity index (χ0n) is 10.9. The molecular formula is C14H18N2O2. The van der Waals surface area contributed by atoms with Crippen molar-refractivity contribution in [1.29, 1.82) is 0 Å². The summed E-state index contributed by atoms with van der Waals surface area (Å²) in [6.07, 6.45) is 1.95. The Kier molecular flexibility index (Phi) is 4.87. The van der Waals surface area contributed by atoms with Gasteiger partial charge < -0.3 is 10.4 Å². The van der Waals surface area contributed by atoms with Crippen molar-refractivity contribution >= 4 is 5.91 Å². The normalized spacial score (nSPS) is 10.4. The maximum absolute atomic E-state index is 12.0. The maximum Gasteiger partial charge on any atom is 0.271 e.